The largest absolute Gasteiger partial charge is 0.481 e. The van der Waals surface area contributed by atoms with Crippen LogP contribution in [0, 0.1) is 17.4 Å². The van der Waals surface area contributed by atoms with Crippen LogP contribution in [0.4, 0.5) is 5.82 Å². The highest BCUT2D eigenvalue weighted by molar-refractivity contribution is 5.98. The smallest absolute Gasteiger partial charge is 0.309 e. The SMILES string of the molecule is [C-]#[N+]c1cc(CNC(=O)c2cc(C(=O)NCC34CCC(C(=O)O)(CC3)CC4)n3nccc3n2)ccn1. The normalized spacial score (nSPS) is 22.6. The first-order chi connectivity index (χ1) is 17.3. The third kappa shape index (κ3) is 4.26. The molecule has 6 rings (SSSR count). The lowest BCUT2D eigenvalue weighted by atomic mass is 9.53. The summed E-state index contributed by atoms with van der Waals surface area (Å²) in [5.74, 6) is -1.30. The number of aromatic nitrogens is 4. The molecule has 3 N–H and O–H groups in total. The molecule has 0 radical (unpaired) electrons. The number of carboxylic acids is 1. The Labute approximate surface area is 206 Å². The number of carboxylic acid groups (broad SMARTS) is 1. The second kappa shape index (κ2) is 9.03. The maximum Gasteiger partial charge on any atom is 0.309 e. The Morgan fingerprint density at radius 2 is 1.78 bits per heavy atom. The van der Waals surface area contributed by atoms with Crippen molar-refractivity contribution in [1.29, 1.82) is 0 Å². The van der Waals surface area contributed by atoms with Gasteiger partial charge in [-0.05, 0) is 61.6 Å². The molecule has 3 fully saturated rings. The monoisotopic (exact) mass is 487 g/mol. The van der Waals surface area contributed by atoms with Gasteiger partial charge in [0, 0.05) is 25.2 Å². The number of nitrogens with zero attached hydrogens (tertiary/aromatic N) is 5. The minimum absolute atomic E-state index is 0.0762. The molecule has 0 aromatic carbocycles. The van der Waals surface area contributed by atoms with Gasteiger partial charge in [-0.3, -0.25) is 14.4 Å². The van der Waals surface area contributed by atoms with Gasteiger partial charge in [-0.25, -0.2) is 9.50 Å². The molecule has 3 aromatic heterocycles. The van der Waals surface area contributed by atoms with Gasteiger partial charge in [0.2, 0.25) is 0 Å². The van der Waals surface area contributed by atoms with E-state index in [-0.39, 0.29) is 35.1 Å². The Morgan fingerprint density at radius 1 is 1.03 bits per heavy atom. The molecule has 0 saturated heterocycles. The van der Waals surface area contributed by atoms with Crippen LogP contribution in [0.25, 0.3) is 10.5 Å². The predicted octanol–water partition coefficient (Wildman–Crippen LogP) is 2.76. The zero-order chi connectivity index (χ0) is 25.3. The van der Waals surface area contributed by atoms with E-state index < -0.39 is 17.3 Å². The standard InChI is InChI=1S/C25H25N7O4/c1-26-19-12-16(2-10-27-19)14-28-21(33)17-13-18(32-20(31-17)3-11-30-32)22(34)29-15-24-4-7-25(8-5-24,9-6-24)23(35)36/h2-3,10-13H,4-9,14-15H2,(H,28,33)(H,29,34)(H,35,36). The van der Waals surface area contributed by atoms with E-state index in [4.69, 9.17) is 6.57 Å². The average Bonchev–Trinajstić information content (AvgIpc) is 3.40. The Kier molecular flexibility index (Phi) is 5.88. The molecule has 3 aliphatic carbocycles. The third-order valence-electron chi connectivity index (χ3n) is 7.68. The zero-order valence-corrected chi connectivity index (χ0v) is 19.5. The quantitative estimate of drug-likeness (QED) is 0.435. The van der Waals surface area contributed by atoms with Crippen LogP contribution in [-0.2, 0) is 11.3 Å². The highest BCUT2D eigenvalue weighted by Crippen LogP contribution is 2.56. The van der Waals surface area contributed by atoms with Gasteiger partial charge in [0.05, 0.1) is 11.6 Å². The van der Waals surface area contributed by atoms with Crippen molar-refractivity contribution >= 4 is 29.2 Å². The molecule has 3 heterocycles. The number of pyridine rings is 1. The van der Waals surface area contributed by atoms with E-state index in [1.54, 1.807) is 18.2 Å². The maximum atomic E-state index is 13.2. The molecule has 0 unspecified atom stereocenters. The van der Waals surface area contributed by atoms with Gasteiger partial charge in [0.15, 0.2) is 5.65 Å². The van der Waals surface area contributed by atoms with Crippen LogP contribution < -0.4 is 10.6 Å². The first-order valence-corrected chi connectivity index (χ1v) is 11.8. The molecular formula is C25H25N7O4. The van der Waals surface area contributed by atoms with E-state index in [0.717, 1.165) is 24.8 Å². The van der Waals surface area contributed by atoms with E-state index in [1.807, 2.05) is 0 Å². The summed E-state index contributed by atoms with van der Waals surface area (Å²) in [6.45, 7) is 7.69. The molecule has 0 atom stereocenters. The van der Waals surface area contributed by atoms with Gasteiger partial charge < -0.3 is 20.6 Å². The van der Waals surface area contributed by atoms with E-state index in [2.05, 4.69) is 30.5 Å². The summed E-state index contributed by atoms with van der Waals surface area (Å²) in [5.41, 5.74) is 0.655. The van der Waals surface area contributed by atoms with E-state index in [9.17, 15) is 19.5 Å². The van der Waals surface area contributed by atoms with Crippen molar-refractivity contribution in [2.75, 3.05) is 6.54 Å². The highest BCUT2D eigenvalue weighted by Gasteiger charge is 2.52. The number of rotatable bonds is 7. The Hall–Kier alpha value is -4.33. The number of hydrogen-bond donors (Lipinski definition) is 3. The first-order valence-electron chi connectivity index (χ1n) is 11.8. The van der Waals surface area contributed by atoms with Crippen molar-refractivity contribution in [2.45, 2.75) is 45.1 Å². The molecule has 3 aliphatic rings. The lowest BCUT2D eigenvalue weighted by Gasteiger charge is -2.51. The summed E-state index contributed by atoms with van der Waals surface area (Å²) in [5, 5.41) is 19.6. The molecule has 11 heteroatoms. The topological polar surface area (TPSA) is 143 Å². The second-order valence-electron chi connectivity index (χ2n) is 9.71. The number of carbonyl (C=O) groups excluding carboxylic acids is 2. The van der Waals surface area contributed by atoms with Crippen LogP contribution in [-0.4, -0.2) is 49.0 Å². The van der Waals surface area contributed by atoms with E-state index in [0.29, 0.717) is 31.5 Å². The molecule has 3 aromatic rings. The summed E-state index contributed by atoms with van der Waals surface area (Å²) in [4.78, 5) is 49.3. The van der Waals surface area contributed by atoms with Crippen molar-refractivity contribution in [1.82, 2.24) is 30.2 Å². The predicted molar refractivity (Wildman–Crippen MR) is 127 cm³/mol. The molecule has 0 aliphatic heterocycles. The third-order valence-corrected chi connectivity index (χ3v) is 7.68. The number of fused-ring (bicyclic) bond motifs is 4. The molecule has 2 amide bonds. The van der Waals surface area contributed by atoms with Crippen LogP contribution in [0.5, 0.6) is 0 Å². The molecule has 2 bridgehead atoms. The van der Waals surface area contributed by atoms with Gasteiger partial charge >= 0.3 is 5.97 Å². The molecule has 184 valence electrons. The molecule has 3 saturated carbocycles. The average molecular weight is 488 g/mol. The van der Waals surface area contributed by atoms with Gasteiger partial charge in [-0.1, -0.05) is 6.57 Å². The van der Waals surface area contributed by atoms with Crippen LogP contribution in [0.1, 0.15) is 65.1 Å². The molecular weight excluding hydrogens is 462 g/mol. The lowest BCUT2D eigenvalue weighted by Crippen LogP contribution is -2.50. The Balaban J connectivity index is 1.29. The zero-order valence-electron chi connectivity index (χ0n) is 19.5. The summed E-state index contributed by atoms with van der Waals surface area (Å²) < 4.78 is 1.39. The first kappa shape index (κ1) is 23.4. The van der Waals surface area contributed by atoms with Crippen molar-refractivity contribution < 1.29 is 19.5 Å². The van der Waals surface area contributed by atoms with Gasteiger partial charge in [-0.2, -0.15) is 5.10 Å². The minimum atomic E-state index is -0.709. The second-order valence-corrected chi connectivity index (χ2v) is 9.71. The van der Waals surface area contributed by atoms with Crippen molar-refractivity contribution in [2.24, 2.45) is 10.8 Å². The number of amides is 2. The highest BCUT2D eigenvalue weighted by atomic mass is 16.4. The molecule has 11 nitrogen and oxygen atoms in total. The molecule has 0 spiro atoms. The summed E-state index contributed by atoms with van der Waals surface area (Å²) >= 11 is 0. The Bertz CT molecular complexity index is 1380. The van der Waals surface area contributed by atoms with E-state index in [1.165, 1.54) is 23.0 Å². The maximum absolute atomic E-state index is 13.2. The number of carbonyl (C=O) groups is 3. The fraction of sp³-hybridized carbons (Fsp3) is 0.400. The number of hydrogen-bond acceptors (Lipinski definition) is 6. The van der Waals surface area contributed by atoms with Crippen LogP contribution in [0.15, 0.2) is 36.7 Å². The fourth-order valence-corrected chi connectivity index (χ4v) is 5.30. The summed E-state index contributed by atoms with van der Waals surface area (Å²) in [6.07, 6.45) is 7.23. The van der Waals surface area contributed by atoms with Gasteiger partial charge in [0.25, 0.3) is 17.6 Å². The minimum Gasteiger partial charge on any atom is -0.481 e. The Morgan fingerprint density at radius 3 is 2.47 bits per heavy atom. The fourth-order valence-electron chi connectivity index (χ4n) is 5.30. The van der Waals surface area contributed by atoms with Crippen LogP contribution in [0.3, 0.4) is 0 Å². The van der Waals surface area contributed by atoms with Crippen LogP contribution in [0.2, 0.25) is 0 Å². The lowest BCUT2D eigenvalue weighted by molar-refractivity contribution is -0.158. The van der Waals surface area contributed by atoms with Gasteiger partial charge in [-0.15, -0.1) is 4.98 Å². The summed E-state index contributed by atoms with van der Waals surface area (Å²) in [7, 11) is 0. The van der Waals surface area contributed by atoms with Gasteiger partial charge in [0.1, 0.15) is 17.6 Å². The van der Waals surface area contributed by atoms with E-state index >= 15 is 0 Å². The summed E-state index contributed by atoms with van der Waals surface area (Å²) in [6, 6.07) is 6.33. The van der Waals surface area contributed by atoms with Crippen molar-refractivity contribution in [3.05, 3.63) is 65.0 Å². The van der Waals surface area contributed by atoms with Crippen molar-refractivity contribution in [3.8, 4) is 0 Å². The number of aliphatic carboxylic acids is 1. The van der Waals surface area contributed by atoms with Crippen LogP contribution >= 0.6 is 0 Å². The van der Waals surface area contributed by atoms with Crippen molar-refractivity contribution in [3.63, 3.8) is 0 Å². The number of nitrogens with one attached hydrogen (secondary N) is 2. The molecule has 36 heavy (non-hydrogen) atoms.